The lowest BCUT2D eigenvalue weighted by molar-refractivity contribution is -0.126. The minimum atomic E-state index is -0.125. The Balaban J connectivity index is 2.04. The third-order valence-electron chi connectivity index (χ3n) is 1.61. The summed E-state index contributed by atoms with van der Waals surface area (Å²) in [5, 5.41) is 2.73. The van der Waals surface area contributed by atoms with Crippen molar-refractivity contribution in [3.8, 4) is 0 Å². The fraction of sp³-hybridized carbons (Fsp3) is 0.556. The maximum absolute atomic E-state index is 11.2. The molecule has 1 rings (SSSR count). The van der Waals surface area contributed by atoms with Gasteiger partial charge in [-0.1, -0.05) is 0 Å². The van der Waals surface area contributed by atoms with Crippen LogP contribution in [-0.2, 0) is 20.8 Å². The van der Waals surface area contributed by atoms with Crippen molar-refractivity contribution in [2.45, 2.75) is 6.54 Å². The number of thiazole rings is 1. The predicted octanol–water partition coefficient (Wildman–Crippen LogP) is 0.422. The molecule has 0 aromatic carbocycles. The summed E-state index contributed by atoms with van der Waals surface area (Å²) in [6.45, 7) is 1.52. The molecule has 0 saturated heterocycles. The zero-order valence-corrected chi connectivity index (χ0v) is 9.38. The highest BCUT2D eigenvalue weighted by Crippen LogP contribution is 2.03. The number of aromatic nitrogens is 1. The maximum Gasteiger partial charge on any atom is 0.246 e. The van der Waals surface area contributed by atoms with Gasteiger partial charge in [0.15, 0.2) is 0 Å². The molecule has 6 heteroatoms. The minimum Gasteiger partial charge on any atom is -0.382 e. The maximum atomic E-state index is 11.2. The highest BCUT2D eigenvalue weighted by atomic mass is 32.1. The van der Waals surface area contributed by atoms with Gasteiger partial charge in [-0.15, -0.1) is 11.3 Å². The van der Waals surface area contributed by atoms with E-state index in [4.69, 9.17) is 9.47 Å². The molecule has 15 heavy (non-hydrogen) atoms. The van der Waals surface area contributed by atoms with E-state index >= 15 is 0 Å². The predicted molar refractivity (Wildman–Crippen MR) is 56.7 cm³/mol. The third kappa shape index (κ3) is 5.46. The molecule has 0 atom stereocenters. The molecule has 1 amide bonds. The Bertz CT molecular complexity index is 277. The summed E-state index contributed by atoms with van der Waals surface area (Å²) in [4.78, 5) is 16.1. The average Bonchev–Trinajstić information content (AvgIpc) is 2.74. The number of nitrogens with one attached hydrogen (secondary N) is 1. The standard InChI is InChI=1S/C9H14N2O3S/c1-13-2-3-14-6-9(12)11-5-8-4-10-7-15-8/h4,7H,2-3,5-6H2,1H3,(H,11,12). The Hall–Kier alpha value is -0.980. The van der Waals surface area contributed by atoms with Gasteiger partial charge in [0.2, 0.25) is 5.91 Å². The summed E-state index contributed by atoms with van der Waals surface area (Å²) in [5.41, 5.74) is 1.73. The van der Waals surface area contributed by atoms with Crippen molar-refractivity contribution >= 4 is 17.2 Å². The number of carbonyl (C=O) groups excluding carboxylic acids is 1. The van der Waals surface area contributed by atoms with E-state index in [-0.39, 0.29) is 12.5 Å². The number of amides is 1. The van der Waals surface area contributed by atoms with E-state index in [0.29, 0.717) is 19.8 Å². The number of hydrogen-bond acceptors (Lipinski definition) is 5. The molecule has 0 saturated carbocycles. The minimum absolute atomic E-state index is 0.0716. The number of ether oxygens (including phenoxy) is 2. The number of methoxy groups -OCH3 is 1. The van der Waals surface area contributed by atoms with E-state index in [9.17, 15) is 4.79 Å². The first-order valence-electron chi connectivity index (χ1n) is 4.53. The lowest BCUT2D eigenvalue weighted by atomic mass is 10.5. The first-order valence-corrected chi connectivity index (χ1v) is 5.41. The van der Waals surface area contributed by atoms with E-state index in [1.807, 2.05) is 0 Å². The first kappa shape index (κ1) is 12.1. The van der Waals surface area contributed by atoms with Crippen molar-refractivity contribution in [2.75, 3.05) is 26.9 Å². The quantitative estimate of drug-likeness (QED) is 0.690. The van der Waals surface area contributed by atoms with Gasteiger partial charge >= 0.3 is 0 Å². The van der Waals surface area contributed by atoms with E-state index in [0.717, 1.165) is 4.88 Å². The summed E-state index contributed by atoms with van der Waals surface area (Å²) >= 11 is 1.51. The average molecular weight is 230 g/mol. The Morgan fingerprint density at radius 3 is 3.13 bits per heavy atom. The van der Waals surface area contributed by atoms with Gasteiger partial charge in [0.25, 0.3) is 0 Å². The Labute approximate surface area is 92.4 Å². The Morgan fingerprint density at radius 1 is 1.60 bits per heavy atom. The van der Waals surface area contributed by atoms with Gasteiger partial charge in [-0.3, -0.25) is 9.78 Å². The van der Waals surface area contributed by atoms with E-state index in [1.54, 1.807) is 18.8 Å². The van der Waals surface area contributed by atoms with Gasteiger partial charge in [0, 0.05) is 18.2 Å². The lowest BCUT2D eigenvalue weighted by Crippen LogP contribution is -2.27. The third-order valence-corrected chi connectivity index (χ3v) is 2.39. The van der Waals surface area contributed by atoms with Crippen LogP contribution in [0.5, 0.6) is 0 Å². The van der Waals surface area contributed by atoms with Crippen molar-refractivity contribution in [3.05, 3.63) is 16.6 Å². The van der Waals surface area contributed by atoms with Crippen LogP contribution in [0.2, 0.25) is 0 Å². The molecule has 0 fully saturated rings. The largest absolute Gasteiger partial charge is 0.382 e. The molecule has 1 heterocycles. The second kappa shape index (κ2) is 7.33. The monoisotopic (exact) mass is 230 g/mol. The van der Waals surface area contributed by atoms with Crippen LogP contribution in [0.15, 0.2) is 11.7 Å². The lowest BCUT2D eigenvalue weighted by Gasteiger charge is -2.04. The SMILES string of the molecule is COCCOCC(=O)NCc1cncs1. The smallest absolute Gasteiger partial charge is 0.246 e. The van der Waals surface area contributed by atoms with Gasteiger partial charge in [-0.25, -0.2) is 0 Å². The second-order valence-electron chi connectivity index (χ2n) is 2.79. The van der Waals surface area contributed by atoms with E-state index < -0.39 is 0 Å². The summed E-state index contributed by atoms with van der Waals surface area (Å²) in [6.07, 6.45) is 1.73. The van der Waals surface area contributed by atoms with Gasteiger partial charge in [-0.05, 0) is 0 Å². The van der Waals surface area contributed by atoms with Crippen LogP contribution in [0.25, 0.3) is 0 Å². The van der Waals surface area contributed by atoms with Crippen molar-refractivity contribution in [3.63, 3.8) is 0 Å². The molecule has 1 aromatic heterocycles. The van der Waals surface area contributed by atoms with Gasteiger partial charge in [0.1, 0.15) is 6.61 Å². The molecular weight excluding hydrogens is 216 g/mol. The number of rotatable bonds is 7. The molecule has 0 bridgehead atoms. The highest BCUT2D eigenvalue weighted by molar-refractivity contribution is 7.09. The number of carbonyl (C=O) groups is 1. The van der Waals surface area contributed by atoms with E-state index in [2.05, 4.69) is 10.3 Å². The molecule has 1 N–H and O–H groups in total. The highest BCUT2D eigenvalue weighted by Gasteiger charge is 2.01. The molecule has 0 aliphatic heterocycles. The van der Waals surface area contributed by atoms with Crippen LogP contribution in [0.1, 0.15) is 4.88 Å². The van der Waals surface area contributed by atoms with Gasteiger partial charge in [-0.2, -0.15) is 0 Å². The summed E-state index contributed by atoms with van der Waals surface area (Å²) < 4.78 is 9.84. The summed E-state index contributed by atoms with van der Waals surface area (Å²) in [7, 11) is 1.59. The molecule has 0 aliphatic rings. The number of hydrogen-bond donors (Lipinski definition) is 1. The molecule has 0 unspecified atom stereocenters. The first-order chi connectivity index (χ1) is 7.33. The van der Waals surface area contributed by atoms with Crippen molar-refractivity contribution in [1.29, 1.82) is 0 Å². The number of nitrogens with zero attached hydrogens (tertiary/aromatic N) is 1. The fourth-order valence-electron chi connectivity index (χ4n) is 0.873. The molecule has 5 nitrogen and oxygen atoms in total. The van der Waals surface area contributed by atoms with Crippen LogP contribution in [0, 0.1) is 0 Å². The van der Waals surface area contributed by atoms with E-state index in [1.165, 1.54) is 11.3 Å². The van der Waals surface area contributed by atoms with Crippen LogP contribution in [0.3, 0.4) is 0 Å². The zero-order valence-electron chi connectivity index (χ0n) is 8.56. The molecule has 0 radical (unpaired) electrons. The van der Waals surface area contributed by atoms with Crippen LogP contribution >= 0.6 is 11.3 Å². The van der Waals surface area contributed by atoms with Crippen molar-refractivity contribution in [1.82, 2.24) is 10.3 Å². The van der Waals surface area contributed by atoms with Crippen molar-refractivity contribution < 1.29 is 14.3 Å². The van der Waals surface area contributed by atoms with Crippen LogP contribution in [0.4, 0.5) is 0 Å². The normalized spacial score (nSPS) is 10.2. The fourth-order valence-corrected chi connectivity index (χ4v) is 1.41. The zero-order chi connectivity index (χ0) is 10.9. The molecule has 1 aromatic rings. The van der Waals surface area contributed by atoms with Crippen LogP contribution in [-0.4, -0.2) is 37.8 Å². The molecular formula is C9H14N2O3S. The summed E-state index contributed by atoms with van der Waals surface area (Å²) in [5.74, 6) is -0.125. The van der Waals surface area contributed by atoms with Gasteiger partial charge < -0.3 is 14.8 Å². The summed E-state index contributed by atoms with van der Waals surface area (Å²) in [6, 6.07) is 0. The van der Waals surface area contributed by atoms with Crippen LogP contribution < -0.4 is 5.32 Å². The molecule has 84 valence electrons. The molecule has 0 aliphatic carbocycles. The molecule has 0 spiro atoms. The Morgan fingerprint density at radius 2 is 2.47 bits per heavy atom. The van der Waals surface area contributed by atoms with Crippen molar-refractivity contribution in [2.24, 2.45) is 0 Å². The topological polar surface area (TPSA) is 60.5 Å². The second-order valence-corrected chi connectivity index (χ2v) is 3.76. The Kier molecular flexibility index (Phi) is 5.91. The van der Waals surface area contributed by atoms with Gasteiger partial charge in [0.05, 0.1) is 25.3 Å².